The van der Waals surface area contributed by atoms with Crippen molar-refractivity contribution in [1.29, 1.82) is 0 Å². The second-order valence-electron chi connectivity index (χ2n) is 7.47. The van der Waals surface area contributed by atoms with Crippen molar-refractivity contribution in [2.24, 2.45) is 0 Å². The second-order valence-corrected chi connectivity index (χ2v) is 7.47. The fourth-order valence-corrected chi connectivity index (χ4v) is 4.18. The van der Waals surface area contributed by atoms with E-state index in [0.717, 1.165) is 63.1 Å². The number of para-hydroxylation sites is 1. The van der Waals surface area contributed by atoms with Gasteiger partial charge in [-0.15, -0.1) is 0 Å². The zero-order chi connectivity index (χ0) is 18.1. The Morgan fingerprint density at radius 2 is 1.65 bits per heavy atom. The highest BCUT2D eigenvalue weighted by Gasteiger charge is 2.24. The summed E-state index contributed by atoms with van der Waals surface area (Å²) in [5, 5.41) is 0. The van der Waals surface area contributed by atoms with Gasteiger partial charge in [0.1, 0.15) is 11.6 Å². The Labute approximate surface area is 156 Å². The molecular weight excluding hydrogens is 324 g/mol. The van der Waals surface area contributed by atoms with Crippen molar-refractivity contribution < 1.29 is 4.74 Å². The van der Waals surface area contributed by atoms with Crippen LogP contribution in [0, 0.1) is 20.8 Å². The van der Waals surface area contributed by atoms with Crippen LogP contribution >= 0.6 is 0 Å². The molecule has 0 saturated carbocycles. The number of benzene rings is 1. The number of ether oxygens (including phenoxy) is 1. The molecule has 0 N–H and O–H groups in total. The maximum absolute atomic E-state index is 5.54. The van der Waals surface area contributed by atoms with E-state index in [0.29, 0.717) is 5.92 Å². The Balaban J connectivity index is 1.50. The molecule has 2 aromatic rings. The lowest BCUT2D eigenvalue weighted by molar-refractivity contribution is 0.193. The number of nitrogens with zero attached hydrogens (tertiary/aromatic N) is 4. The van der Waals surface area contributed by atoms with Crippen molar-refractivity contribution in [3.05, 3.63) is 46.9 Å². The average Bonchev–Trinajstić information content (AvgIpc) is 3.16. The molecule has 1 aromatic heterocycles. The van der Waals surface area contributed by atoms with Gasteiger partial charge in [0.2, 0.25) is 0 Å². The number of piperazine rings is 1. The van der Waals surface area contributed by atoms with Crippen LogP contribution in [0.5, 0.6) is 0 Å². The lowest BCUT2D eigenvalue weighted by atomic mass is 10.0. The first kappa shape index (κ1) is 17.3. The van der Waals surface area contributed by atoms with Crippen molar-refractivity contribution in [2.75, 3.05) is 49.2 Å². The molecule has 1 atom stereocenters. The lowest BCUT2D eigenvalue weighted by Crippen LogP contribution is -2.47. The van der Waals surface area contributed by atoms with Gasteiger partial charge in [0.05, 0.1) is 12.3 Å². The van der Waals surface area contributed by atoms with Crippen molar-refractivity contribution in [3.63, 3.8) is 0 Å². The summed E-state index contributed by atoms with van der Waals surface area (Å²) in [5.74, 6) is 2.36. The largest absolute Gasteiger partial charge is 0.381 e. The minimum Gasteiger partial charge on any atom is -0.381 e. The molecule has 3 heterocycles. The zero-order valence-electron chi connectivity index (χ0n) is 16.0. The lowest BCUT2D eigenvalue weighted by Gasteiger charge is -2.38. The maximum Gasteiger partial charge on any atom is 0.132 e. The van der Waals surface area contributed by atoms with Crippen LogP contribution in [0.15, 0.2) is 24.3 Å². The highest BCUT2D eigenvalue weighted by molar-refractivity contribution is 5.60. The predicted molar refractivity (Wildman–Crippen MR) is 105 cm³/mol. The molecule has 0 radical (unpaired) electrons. The summed E-state index contributed by atoms with van der Waals surface area (Å²) in [5.41, 5.74) is 5.26. The van der Waals surface area contributed by atoms with E-state index in [4.69, 9.17) is 9.72 Å². The first-order chi connectivity index (χ1) is 12.6. The number of aromatic nitrogens is 2. The van der Waals surface area contributed by atoms with Gasteiger partial charge in [-0.1, -0.05) is 18.2 Å². The van der Waals surface area contributed by atoms with Crippen LogP contribution in [0.25, 0.3) is 0 Å². The normalized spacial score (nSPS) is 20.7. The molecule has 2 saturated heterocycles. The van der Waals surface area contributed by atoms with Gasteiger partial charge in [-0.25, -0.2) is 9.97 Å². The van der Waals surface area contributed by atoms with Crippen molar-refractivity contribution in [3.8, 4) is 0 Å². The molecule has 2 fully saturated rings. The molecule has 2 aliphatic heterocycles. The molecule has 1 aromatic carbocycles. The number of anilines is 2. The van der Waals surface area contributed by atoms with E-state index in [-0.39, 0.29) is 0 Å². The molecule has 4 rings (SSSR count). The van der Waals surface area contributed by atoms with Gasteiger partial charge in [-0.3, -0.25) is 0 Å². The molecular formula is C21H28N4O. The van der Waals surface area contributed by atoms with Gasteiger partial charge in [0, 0.05) is 50.5 Å². The van der Waals surface area contributed by atoms with Crippen LogP contribution in [0.1, 0.15) is 35.0 Å². The topological polar surface area (TPSA) is 41.5 Å². The summed E-state index contributed by atoms with van der Waals surface area (Å²) in [4.78, 5) is 14.3. The summed E-state index contributed by atoms with van der Waals surface area (Å²) in [6.45, 7) is 12.1. The van der Waals surface area contributed by atoms with Crippen LogP contribution in [0.4, 0.5) is 11.5 Å². The second kappa shape index (κ2) is 7.23. The first-order valence-corrected chi connectivity index (χ1v) is 9.61. The van der Waals surface area contributed by atoms with E-state index >= 15 is 0 Å². The van der Waals surface area contributed by atoms with Crippen LogP contribution in [-0.2, 0) is 4.74 Å². The highest BCUT2D eigenvalue weighted by Crippen LogP contribution is 2.29. The predicted octanol–water partition coefficient (Wildman–Crippen LogP) is 3.23. The molecule has 0 spiro atoms. The van der Waals surface area contributed by atoms with E-state index in [2.05, 4.69) is 52.9 Å². The third-order valence-corrected chi connectivity index (χ3v) is 5.55. The number of aryl methyl sites for hydroxylation is 3. The Morgan fingerprint density at radius 1 is 0.962 bits per heavy atom. The number of hydrogen-bond donors (Lipinski definition) is 0. The molecule has 5 heteroatoms. The van der Waals surface area contributed by atoms with Gasteiger partial charge in [-0.05, 0) is 38.3 Å². The Kier molecular flexibility index (Phi) is 4.81. The molecule has 26 heavy (non-hydrogen) atoms. The maximum atomic E-state index is 5.54. The van der Waals surface area contributed by atoms with Crippen LogP contribution in [0.2, 0.25) is 0 Å². The minimum absolute atomic E-state index is 0.423. The Morgan fingerprint density at radius 3 is 2.31 bits per heavy atom. The van der Waals surface area contributed by atoms with E-state index in [1.54, 1.807) is 0 Å². The summed E-state index contributed by atoms with van der Waals surface area (Å²) < 4.78 is 5.54. The third-order valence-electron chi connectivity index (χ3n) is 5.55. The van der Waals surface area contributed by atoms with Crippen molar-refractivity contribution in [1.82, 2.24) is 9.97 Å². The first-order valence-electron chi connectivity index (χ1n) is 9.61. The quantitative estimate of drug-likeness (QED) is 0.848. The fraction of sp³-hybridized carbons (Fsp3) is 0.524. The van der Waals surface area contributed by atoms with Gasteiger partial charge >= 0.3 is 0 Å². The SMILES string of the molecule is Cc1nc(C2CCOC2)cc(N2CCN(c3c(C)cccc3C)CC2)n1. The van der Waals surface area contributed by atoms with E-state index in [9.17, 15) is 0 Å². The van der Waals surface area contributed by atoms with Crippen LogP contribution in [-0.4, -0.2) is 49.4 Å². The fourth-order valence-electron chi connectivity index (χ4n) is 4.18. The summed E-state index contributed by atoms with van der Waals surface area (Å²) in [6.07, 6.45) is 1.07. The van der Waals surface area contributed by atoms with Crippen LogP contribution in [0.3, 0.4) is 0 Å². The monoisotopic (exact) mass is 352 g/mol. The van der Waals surface area contributed by atoms with Gasteiger partial charge in [0.25, 0.3) is 0 Å². The van der Waals surface area contributed by atoms with E-state index < -0.39 is 0 Å². The smallest absolute Gasteiger partial charge is 0.132 e. The van der Waals surface area contributed by atoms with Crippen molar-refractivity contribution >= 4 is 11.5 Å². The standard InChI is InChI=1S/C21H28N4O/c1-15-5-4-6-16(2)21(15)25-10-8-24(9-11-25)20-13-19(22-17(3)23-20)18-7-12-26-14-18/h4-6,13,18H,7-12,14H2,1-3H3. The highest BCUT2D eigenvalue weighted by atomic mass is 16.5. The molecule has 5 nitrogen and oxygen atoms in total. The van der Waals surface area contributed by atoms with Gasteiger partial charge in [0.15, 0.2) is 0 Å². The number of rotatable bonds is 3. The Hall–Kier alpha value is -2.14. The zero-order valence-corrected chi connectivity index (χ0v) is 16.0. The minimum atomic E-state index is 0.423. The summed E-state index contributed by atoms with van der Waals surface area (Å²) >= 11 is 0. The van der Waals surface area contributed by atoms with E-state index in [1.807, 2.05) is 6.92 Å². The molecule has 1 unspecified atom stereocenters. The van der Waals surface area contributed by atoms with Crippen molar-refractivity contribution in [2.45, 2.75) is 33.1 Å². The molecule has 138 valence electrons. The van der Waals surface area contributed by atoms with Gasteiger partial charge in [-0.2, -0.15) is 0 Å². The summed E-state index contributed by atoms with van der Waals surface area (Å²) in [7, 11) is 0. The summed E-state index contributed by atoms with van der Waals surface area (Å²) in [6, 6.07) is 8.74. The number of hydrogen-bond acceptors (Lipinski definition) is 5. The van der Waals surface area contributed by atoms with Crippen LogP contribution < -0.4 is 9.80 Å². The molecule has 0 bridgehead atoms. The van der Waals surface area contributed by atoms with E-state index in [1.165, 1.54) is 16.8 Å². The average molecular weight is 352 g/mol. The third kappa shape index (κ3) is 3.40. The molecule has 0 amide bonds. The van der Waals surface area contributed by atoms with Gasteiger partial charge < -0.3 is 14.5 Å². The molecule has 2 aliphatic rings. The Bertz CT molecular complexity index is 757. The molecule has 0 aliphatic carbocycles.